The van der Waals surface area contributed by atoms with Crippen molar-refractivity contribution in [2.75, 3.05) is 0 Å². The first-order valence-electron chi connectivity index (χ1n) is 6.80. The van der Waals surface area contributed by atoms with Gasteiger partial charge in [0.05, 0.1) is 0 Å². The Kier molecular flexibility index (Phi) is 6.49. The Hall–Kier alpha value is -1.75. The normalized spacial score (nSPS) is 14.9. The van der Waals surface area contributed by atoms with Crippen molar-refractivity contribution in [3.63, 3.8) is 0 Å². The maximum atomic E-state index is 12.0. The zero-order chi connectivity index (χ0) is 16.0. The maximum absolute atomic E-state index is 12.0. The lowest BCUT2D eigenvalue weighted by Gasteiger charge is -2.22. The fourth-order valence-corrected chi connectivity index (χ4v) is 1.85. The summed E-state index contributed by atoms with van der Waals surface area (Å²) in [5.74, 6) is -1.17. The Morgan fingerprint density at radius 3 is 2.33 bits per heavy atom. The number of carbonyl (C=O) groups is 2. The van der Waals surface area contributed by atoms with Crippen LogP contribution < -0.4 is 10.1 Å². The van der Waals surface area contributed by atoms with Crippen LogP contribution in [0.4, 0.5) is 0 Å². The van der Waals surface area contributed by atoms with Crippen molar-refractivity contribution < 1.29 is 19.4 Å². The van der Waals surface area contributed by atoms with Crippen LogP contribution in [-0.2, 0) is 9.59 Å². The second-order valence-corrected chi connectivity index (χ2v) is 5.36. The number of hydrogen-bond acceptors (Lipinski definition) is 3. The van der Waals surface area contributed by atoms with E-state index in [9.17, 15) is 9.59 Å². The number of aliphatic carboxylic acids is 1. The molecular weight excluding hydrogens is 294 g/mol. The molecule has 5 nitrogen and oxygen atoms in total. The van der Waals surface area contributed by atoms with Gasteiger partial charge in [-0.1, -0.05) is 31.9 Å². The average molecular weight is 314 g/mol. The molecule has 6 heteroatoms. The van der Waals surface area contributed by atoms with Crippen molar-refractivity contribution in [2.24, 2.45) is 5.92 Å². The van der Waals surface area contributed by atoms with Crippen molar-refractivity contribution in [3.8, 4) is 5.75 Å². The molecule has 0 saturated heterocycles. The zero-order valence-corrected chi connectivity index (χ0v) is 13.1. The molecule has 0 aromatic heterocycles. The SMILES string of the molecule is CCC(C)[C@H](NC(=O)C(C)Oc1ccc(Cl)cc1)C(=O)O. The molecule has 1 amide bonds. The first-order valence-corrected chi connectivity index (χ1v) is 7.18. The molecule has 1 rings (SSSR count). The standard InChI is InChI=1S/C15H20ClNO4/c1-4-9(2)13(15(19)20)17-14(18)10(3)21-12-7-5-11(16)6-8-12/h5-10,13H,4H2,1-3H3,(H,17,18)(H,19,20)/t9?,10?,13-/m0/s1. The molecule has 0 spiro atoms. The number of carboxylic acids is 1. The van der Waals surface area contributed by atoms with Gasteiger partial charge in [-0.25, -0.2) is 4.79 Å². The van der Waals surface area contributed by atoms with Crippen molar-refractivity contribution in [1.82, 2.24) is 5.32 Å². The highest BCUT2D eigenvalue weighted by molar-refractivity contribution is 6.30. The molecule has 116 valence electrons. The van der Waals surface area contributed by atoms with E-state index in [1.807, 2.05) is 6.92 Å². The number of ether oxygens (including phenoxy) is 1. The number of halogens is 1. The molecule has 21 heavy (non-hydrogen) atoms. The first kappa shape index (κ1) is 17.3. The van der Waals surface area contributed by atoms with Gasteiger partial charge in [-0.3, -0.25) is 4.79 Å². The largest absolute Gasteiger partial charge is 0.481 e. The van der Waals surface area contributed by atoms with E-state index < -0.39 is 24.0 Å². The summed E-state index contributed by atoms with van der Waals surface area (Å²) in [7, 11) is 0. The van der Waals surface area contributed by atoms with Crippen LogP contribution in [-0.4, -0.2) is 29.1 Å². The second kappa shape index (κ2) is 7.88. The number of nitrogens with one attached hydrogen (secondary N) is 1. The molecule has 0 radical (unpaired) electrons. The van der Waals surface area contributed by atoms with Crippen LogP contribution >= 0.6 is 11.6 Å². The van der Waals surface area contributed by atoms with Gasteiger partial charge in [0.15, 0.2) is 6.10 Å². The van der Waals surface area contributed by atoms with Crippen LogP contribution in [0, 0.1) is 5.92 Å². The van der Waals surface area contributed by atoms with Gasteiger partial charge in [0, 0.05) is 5.02 Å². The van der Waals surface area contributed by atoms with E-state index in [4.69, 9.17) is 21.4 Å². The smallest absolute Gasteiger partial charge is 0.326 e. The van der Waals surface area contributed by atoms with Crippen molar-refractivity contribution in [2.45, 2.75) is 39.3 Å². The molecule has 3 atom stereocenters. The van der Waals surface area contributed by atoms with E-state index in [2.05, 4.69) is 5.32 Å². The van der Waals surface area contributed by atoms with Gasteiger partial charge in [-0.15, -0.1) is 0 Å². The van der Waals surface area contributed by atoms with Crippen LogP contribution in [0.5, 0.6) is 5.75 Å². The highest BCUT2D eigenvalue weighted by Gasteiger charge is 2.27. The van der Waals surface area contributed by atoms with Gasteiger partial charge < -0.3 is 15.2 Å². The monoisotopic (exact) mass is 313 g/mol. The molecule has 0 saturated carbocycles. The van der Waals surface area contributed by atoms with Crippen molar-refractivity contribution in [1.29, 1.82) is 0 Å². The molecule has 0 aliphatic rings. The van der Waals surface area contributed by atoms with Crippen molar-refractivity contribution in [3.05, 3.63) is 29.3 Å². The summed E-state index contributed by atoms with van der Waals surface area (Å²) < 4.78 is 5.46. The molecule has 0 bridgehead atoms. The lowest BCUT2D eigenvalue weighted by molar-refractivity contribution is -0.144. The first-order chi connectivity index (χ1) is 9.85. The van der Waals surface area contributed by atoms with Crippen LogP contribution in [0.25, 0.3) is 0 Å². The summed E-state index contributed by atoms with van der Waals surface area (Å²) in [6.45, 7) is 5.23. The number of amides is 1. The Morgan fingerprint density at radius 1 is 1.29 bits per heavy atom. The minimum Gasteiger partial charge on any atom is -0.481 e. The Bertz CT molecular complexity index is 489. The van der Waals surface area contributed by atoms with Gasteiger partial charge in [0.2, 0.25) is 0 Å². The summed E-state index contributed by atoms with van der Waals surface area (Å²) in [5.41, 5.74) is 0. The van der Waals surface area contributed by atoms with E-state index in [-0.39, 0.29) is 5.92 Å². The number of hydrogen-bond donors (Lipinski definition) is 2. The lowest BCUT2D eigenvalue weighted by Crippen LogP contribution is -2.49. The van der Waals surface area contributed by atoms with E-state index in [0.29, 0.717) is 17.2 Å². The third-order valence-electron chi connectivity index (χ3n) is 3.27. The molecular formula is C15H20ClNO4. The van der Waals surface area contributed by atoms with E-state index in [1.165, 1.54) is 0 Å². The summed E-state index contributed by atoms with van der Waals surface area (Å²) in [4.78, 5) is 23.2. The third-order valence-corrected chi connectivity index (χ3v) is 3.52. The third kappa shape index (κ3) is 5.27. The molecule has 2 N–H and O–H groups in total. The van der Waals surface area contributed by atoms with E-state index >= 15 is 0 Å². The minimum atomic E-state index is -1.05. The van der Waals surface area contributed by atoms with Gasteiger partial charge in [0.25, 0.3) is 5.91 Å². The van der Waals surface area contributed by atoms with Crippen molar-refractivity contribution >= 4 is 23.5 Å². The van der Waals surface area contributed by atoms with Crippen LogP contribution in [0.2, 0.25) is 5.02 Å². The molecule has 1 aromatic rings. The Morgan fingerprint density at radius 2 is 1.86 bits per heavy atom. The molecule has 0 aliphatic carbocycles. The summed E-state index contributed by atoms with van der Waals surface area (Å²) in [6, 6.07) is 5.69. The predicted octanol–water partition coefficient (Wildman–Crippen LogP) is 2.72. The highest BCUT2D eigenvalue weighted by atomic mass is 35.5. The summed E-state index contributed by atoms with van der Waals surface area (Å²) in [5, 5.41) is 12.2. The minimum absolute atomic E-state index is 0.158. The van der Waals surface area contributed by atoms with E-state index in [0.717, 1.165) is 0 Å². The molecule has 0 fully saturated rings. The quantitative estimate of drug-likeness (QED) is 0.811. The molecule has 0 heterocycles. The van der Waals surface area contributed by atoms with Gasteiger partial charge >= 0.3 is 5.97 Å². The van der Waals surface area contributed by atoms with Crippen LogP contribution in [0.3, 0.4) is 0 Å². The lowest BCUT2D eigenvalue weighted by atomic mass is 9.99. The number of rotatable bonds is 7. The van der Waals surface area contributed by atoms with Crippen LogP contribution in [0.15, 0.2) is 24.3 Å². The topological polar surface area (TPSA) is 75.6 Å². The number of carbonyl (C=O) groups excluding carboxylic acids is 1. The fourth-order valence-electron chi connectivity index (χ4n) is 1.72. The molecule has 1 aromatic carbocycles. The number of benzene rings is 1. The fraction of sp³-hybridized carbons (Fsp3) is 0.467. The number of carboxylic acid groups (broad SMARTS) is 1. The maximum Gasteiger partial charge on any atom is 0.326 e. The van der Waals surface area contributed by atoms with Gasteiger partial charge in [0.1, 0.15) is 11.8 Å². The zero-order valence-electron chi connectivity index (χ0n) is 12.3. The summed E-state index contributed by atoms with van der Waals surface area (Å²) in [6.07, 6.45) is -0.138. The van der Waals surface area contributed by atoms with Gasteiger partial charge in [-0.2, -0.15) is 0 Å². The predicted molar refractivity (Wildman–Crippen MR) is 80.6 cm³/mol. The summed E-state index contributed by atoms with van der Waals surface area (Å²) >= 11 is 5.77. The van der Waals surface area contributed by atoms with E-state index in [1.54, 1.807) is 38.1 Å². The van der Waals surface area contributed by atoms with Gasteiger partial charge in [-0.05, 0) is 37.1 Å². The Balaban J connectivity index is 2.64. The molecule has 2 unspecified atom stereocenters. The highest BCUT2D eigenvalue weighted by Crippen LogP contribution is 2.17. The Labute approximate surface area is 129 Å². The average Bonchev–Trinajstić information content (AvgIpc) is 2.45. The molecule has 0 aliphatic heterocycles. The van der Waals surface area contributed by atoms with Crippen LogP contribution in [0.1, 0.15) is 27.2 Å². The second-order valence-electron chi connectivity index (χ2n) is 4.92.